The van der Waals surface area contributed by atoms with Crippen molar-refractivity contribution < 1.29 is 9.14 Å². The van der Waals surface area contributed by atoms with Gasteiger partial charge in [-0.15, -0.1) is 6.07 Å². The first kappa shape index (κ1) is 12.1. The molecule has 0 N–H and O–H groups in total. The maximum atomic E-state index is 4.89. The van der Waals surface area contributed by atoms with Gasteiger partial charge >= 0.3 is 0 Å². The minimum atomic E-state index is 0.897. The standard InChI is InChI=1S/C18H17N4/c1-11-9-12-6-7-14-17(16(12)21(11)3)22-15(19-14)10-13-5-4-8-20(2)18(13)22/h4-7H,9-10H2,1-3H3/q+1. The van der Waals surface area contributed by atoms with E-state index in [4.69, 9.17) is 4.98 Å². The van der Waals surface area contributed by atoms with Crippen LogP contribution in [0.4, 0.5) is 5.69 Å². The minimum absolute atomic E-state index is 0.897. The van der Waals surface area contributed by atoms with E-state index in [-0.39, 0.29) is 0 Å². The number of rotatable bonds is 0. The van der Waals surface area contributed by atoms with Gasteiger partial charge in [-0.1, -0.05) is 5.56 Å². The first-order chi connectivity index (χ1) is 10.6. The monoisotopic (exact) mass is 289 g/mol. The van der Waals surface area contributed by atoms with Crippen molar-refractivity contribution in [2.24, 2.45) is 7.05 Å². The third-order valence-corrected chi connectivity index (χ3v) is 5.02. The van der Waals surface area contributed by atoms with Crippen molar-refractivity contribution in [2.75, 3.05) is 7.05 Å². The summed E-state index contributed by atoms with van der Waals surface area (Å²) in [5.41, 5.74) is 7.74. The summed E-state index contributed by atoms with van der Waals surface area (Å²) in [6, 6.07) is 8.53. The average molecular weight is 289 g/mol. The molecular weight excluding hydrogens is 272 g/mol. The topological polar surface area (TPSA) is 24.7 Å². The third kappa shape index (κ3) is 1.30. The van der Waals surface area contributed by atoms with E-state index in [0.29, 0.717) is 0 Å². The zero-order chi connectivity index (χ0) is 15.0. The molecule has 0 atom stereocenters. The largest absolute Gasteiger partial charge is 0.343 e. The molecule has 0 bridgehead atoms. The molecule has 0 saturated carbocycles. The molecule has 2 aliphatic heterocycles. The highest BCUT2D eigenvalue weighted by atomic mass is 15.2. The Bertz CT molecular complexity index is 1010. The van der Waals surface area contributed by atoms with E-state index >= 15 is 0 Å². The van der Waals surface area contributed by atoms with Gasteiger partial charge in [-0.05, 0) is 12.1 Å². The van der Waals surface area contributed by atoms with Crippen LogP contribution in [0.1, 0.15) is 23.9 Å². The van der Waals surface area contributed by atoms with Crippen molar-refractivity contribution in [3.8, 4) is 5.82 Å². The fraction of sp³-hybridized carbons (Fsp3) is 0.278. The van der Waals surface area contributed by atoms with E-state index in [1.165, 1.54) is 33.9 Å². The van der Waals surface area contributed by atoms with Crippen molar-refractivity contribution in [1.29, 1.82) is 0 Å². The molecule has 2 aromatic heterocycles. The highest BCUT2D eigenvalue weighted by Gasteiger charge is 2.35. The van der Waals surface area contributed by atoms with Gasteiger partial charge in [0.2, 0.25) is 5.52 Å². The summed E-state index contributed by atoms with van der Waals surface area (Å²) in [7, 11) is 4.22. The van der Waals surface area contributed by atoms with E-state index < -0.39 is 0 Å². The van der Waals surface area contributed by atoms with Crippen LogP contribution in [0.15, 0.2) is 24.3 Å². The van der Waals surface area contributed by atoms with Gasteiger partial charge in [0.05, 0.1) is 13.5 Å². The Morgan fingerprint density at radius 3 is 2.86 bits per heavy atom. The van der Waals surface area contributed by atoms with Crippen molar-refractivity contribution in [3.05, 3.63) is 47.4 Å². The highest BCUT2D eigenvalue weighted by Crippen LogP contribution is 2.38. The number of aromatic nitrogens is 3. The summed E-state index contributed by atoms with van der Waals surface area (Å²) in [6.07, 6.45) is 5.19. The zero-order valence-corrected chi connectivity index (χ0v) is 13.0. The van der Waals surface area contributed by atoms with E-state index in [2.05, 4.69) is 59.1 Å². The number of fused-ring (bicyclic) bond motifs is 7. The number of pyridine rings is 1. The van der Waals surface area contributed by atoms with Crippen LogP contribution in [0.2, 0.25) is 0 Å². The van der Waals surface area contributed by atoms with Crippen molar-refractivity contribution in [3.63, 3.8) is 0 Å². The number of nitrogens with zero attached hydrogens (tertiary/aromatic N) is 4. The Labute approximate surface area is 129 Å². The predicted molar refractivity (Wildman–Crippen MR) is 84.1 cm³/mol. The van der Waals surface area contributed by atoms with Crippen molar-refractivity contribution >= 4 is 22.4 Å². The van der Waals surface area contributed by atoms with Crippen LogP contribution in [-0.2, 0) is 19.9 Å². The summed E-state index contributed by atoms with van der Waals surface area (Å²) in [6.45, 7) is 2.20. The molecule has 3 aromatic rings. The summed E-state index contributed by atoms with van der Waals surface area (Å²) in [4.78, 5) is 4.89. The predicted octanol–water partition coefficient (Wildman–Crippen LogP) is 1.85. The van der Waals surface area contributed by atoms with E-state index in [1.54, 1.807) is 0 Å². The molecule has 108 valence electrons. The number of aryl methyl sites for hydroxylation is 1. The summed E-state index contributed by atoms with van der Waals surface area (Å²) >= 11 is 0. The van der Waals surface area contributed by atoms with Gasteiger partial charge in [0, 0.05) is 25.1 Å². The lowest BCUT2D eigenvalue weighted by Crippen LogP contribution is -2.33. The highest BCUT2D eigenvalue weighted by molar-refractivity contribution is 5.96. The molecule has 0 aliphatic carbocycles. The normalized spacial score (nSPS) is 15.4. The molecule has 5 rings (SSSR count). The molecule has 22 heavy (non-hydrogen) atoms. The van der Waals surface area contributed by atoms with Gasteiger partial charge < -0.3 is 4.57 Å². The van der Waals surface area contributed by atoms with E-state index in [9.17, 15) is 0 Å². The minimum Gasteiger partial charge on any atom is -0.343 e. The summed E-state index contributed by atoms with van der Waals surface area (Å²) in [5.74, 6) is 2.33. The van der Waals surface area contributed by atoms with Gasteiger partial charge in [0.15, 0.2) is 17.4 Å². The summed E-state index contributed by atoms with van der Waals surface area (Å²) in [5, 5.41) is 0. The van der Waals surface area contributed by atoms with Crippen LogP contribution < -0.4 is 4.57 Å². The van der Waals surface area contributed by atoms with Gasteiger partial charge in [-0.25, -0.2) is 9.55 Å². The lowest BCUT2D eigenvalue weighted by Gasteiger charge is -2.09. The molecule has 0 spiro atoms. The van der Waals surface area contributed by atoms with Gasteiger partial charge in [-0.2, -0.15) is 10.6 Å². The third-order valence-electron chi connectivity index (χ3n) is 5.02. The molecule has 0 unspecified atom stereocenters. The molecule has 0 amide bonds. The zero-order valence-electron chi connectivity index (χ0n) is 13.0. The molecule has 4 heteroatoms. The number of imidazole rings is 1. The molecular formula is C18H17N4+. The number of benzene rings is 1. The Morgan fingerprint density at radius 2 is 2.00 bits per heavy atom. The fourth-order valence-corrected chi connectivity index (χ4v) is 3.89. The number of hydrogen-bond acceptors (Lipinski definition) is 1. The van der Waals surface area contributed by atoms with Crippen molar-refractivity contribution in [1.82, 2.24) is 9.55 Å². The maximum absolute atomic E-state index is 4.89. The molecule has 0 fully saturated rings. The molecule has 0 saturated heterocycles. The van der Waals surface area contributed by atoms with Gasteiger partial charge in [0.25, 0.3) is 5.69 Å². The lowest BCUT2D eigenvalue weighted by atomic mass is 10.1. The van der Waals surface area contributed by atoms with Crippen LogP contribution in [0, 0.1) is 6.20 Å². The molecule has 2 aliphatic rings. The summed E-state index contributed by atoms with van der Waals surface area (Å²) < 4.78 is 6.73. The number of hydrogen-bond donors (Lipinski definition) is 0. The molecule has 1 aromatic carbocycles. The van der Waals surface area contributed by atoms with E-state index in [0.717, 1.165) is 24.2 Å². The molecule has 4 nitrogen and oxygen atoms in total. The van der Waals surface area contributed by atoms with Gasteiger partial charge in [0.1, 0.15) is 12.6 Å². The SMILES string of the molecule is CC1=[N+](C)c2c(ccc3nc4n(c23)-c2c(cc[c-][n+]2C)C4)C1. The Kier molecular flexibility index (Phi) is 2.10. The molecule has 4 heterocycles. The quantitative estimate of drug-likeness (QED) is 0.358. The van der Waals surface area contributed by atoms with Crippen LogP contribution in [0.5, 0.6) is 0 Å². The van der Waals surface area contributed by atoms with Crippen LogP contribution in [0.3, 0.4) is 0 Å². The first-order valence-electron chi connectivity index (χ1n) is 7.64. The Hall–Kier alpha value is -2.49. The smallest absolute Gasteiger partial charge is 0.257 e. The lowest BCUT2D eigenvalue weighted by molar-refractivity contribution is -0.669. The van der Waals surface area contributed by atoms with E-state index in [1.807, 2.05) is 6.07 Å². The molecule has 0 radical (unpaired) electrons. The van der Waals surface area contributed by atoms with Crippen LogP contribution in [-0.4, -0.2) is 26.9 Å². The maximum Gasteiger partial charge on any atom is 0.257 e. The van der Waals surface area contributed by atoms with Crippen molar-refractivity contribution in [2.45, 2.75) is 19.8 Å². The second kappa shape index (κ2) is 3.83. The van der Waals surface area contributed by atoms with Crippen LogP contribution >= 0.6 is 0 Å². The van der Waals surface area contributed by atoms with Crippen LogP contribution in [0.25, 0.3) is 16.9 Å². The first-order valence-corrected chi connectivity index (χ1v) is 7.64. The average Bonchev–Trinajstić information content (AvgIpc) is 3.10. The van der Waals surface area contributed by atoms with Gasteiger partial charge in [-0.3, -0.25) is 0 Å². The Balaban J connectivity index is 1.96. The fourth-order valence-electron chi connectivity index (χ4n) is 3.89. The Morgan fingerprint density at radius 1 is 1.14 bits per heavy atom. The second-order valence-corrected chi connectivity index (χ2v) is 6.32. The second-order valence-electron chi connectivity index (χ2n) is 6.32.